The van der Waals surface area contributed by atoms with Crippen LogP contribution in [0.25, 0.3) is 11.1 Å². The highest BCUT2D eigenvalue weighted by Crippen LogP contribution is 2.42. The average molecular weight is 396 g/mol. The molecule has 0 saturated heterocycles. The van der Waals surface area contributed by atoms with Crippen LogP contribution in [0.3, 0.4) is 0 Å². The molecule has 4 heteroatoms. The van der Waals surface area contributed by atoms with Gasteiger partial charge in [0, 0.05) is 41.0 Å². The third kappa shape index (κ3) is 4.62. The van der Waals surface area contributed by atoms with E-state index in [1.807, 2.05) is 60.7 Å². The maximum absolute atomic E-state index is 5.87. The van der Waals surface area contributed by atoms with Crippen molar-refractivity contribution in [2.75, 3.05) is 24.5 Å². The zero-order chi connectivity index (χ0) is 20.6. The predicted molar refractivity (Wildman–Crippen MR) is 124 cm³/mol. The molecule has 0 amide bonds. The molecule has 0 heterocycles. The van der Waals surface area contributed by atoms with E-state index in [4.69, 9.17) is 9.47 Å². The molecular formula is C26H24N2O2. The van der Waals surface area contributed by atoms with Crippen LogP contribution in [0.4, 0.5) is 22.7 Å². The Morgan fingerprint density at radius 3 is 1.70 bits per heavy atom. The van der Waals surface area contributed by atoms with Crippen LogP contribution in [0.2, 0.25) is 0 Å². The molecule has 2 N–H and O–H groups in total. The SMILES string of the molecule is COCOc1ccccc1-c1c(Nc2ccccc2)cccc1Nc1ccccc1. The molecule has 4 nitrogen and oxygen atoms in total. The predicted octanol–water partition coefficient (Wildman–Crippen LogP) is 6.82. The minimum Gasteiger partial charge on any atom is -0.467 e. The quantitative estimate of drug-likeness (QED) is 0.321. The number of nitrogens with one attached hydrogen (secondary N) is 2. The minimum atomic E-state index is 0.187. The molecule has 0 radical (unpaired) electrons. The van der Waals surface area contributed by atoms with E-state index in [0.29, 0.717) is 0 Å². The molecule has 30 heavy (non-hydrogen) atoms. The lowest BCUT2D eigenvalue weighted by Crippen LogP contribution is -2.03. The second-order valence-electron chi connectivity index (χ2n) is 6.76. The third-order valence-corrected chi connectivity index (χ3v) is 4.66. The molecule has 0 aliphatic heterocycles. The van der Waals surface area contributed by atoms with Gasteiger partial charge in [-0.2, -0.15) is 0 Å². The average Bonchev–Trinajstić information content (AvgIpc) is 2.80. The molecule has 0 aromatic heterocycles. The van der Waals surface area contributed by atoms with E-state index in [-0.39, 0.29) is 6.79 Å². The zero-order valence-electron chi connectivity index (χ0n) is 16.8. The third-order valence-electron chi connectivity index (χ3n) is 4.66. The van der Waals surface area contributed by atoms with E-state index >= 15 is 0 Å². The molecule has 4 rings (SSSR count). The Kier molecular flexibility index (Phi) is 6.28. The Labute approximate surface area is 177 Å². The van der Waals surface area contributed by atoms with Gasteiger partial charge in [0.25, 0.3) is 0 Å². The van der Waals surface area contributed by atoms with Crippen molar-refractivity contribution in [2.45, 2.75) is 0 Å². The molecule has 0 bridgehead atoms. The smallest absolute Gasteiger partial charge is 0.188 e. The van der Waals surface area contributed by atoms with Gasteiger partial charge >= 0.3 is 0 Å². The largest absolute Gasteiger partial charge is 0.467 e. The first-order chi connectivity index (χ1) is 14.8. The Hall–Kier alpha value is -3.76. The monoisotopic (exact) mass is 396 g/mol. The summed E-state index contributed by atoms with van der Waals surface area (Å²) in [6.45, 7) is 0.187. The van der Waals surface area contributed by atoms with E-state index < -0.39 is 0 Å². The number of anilines is 4. The van der Waals surface area contributed by atoms with Gasteiger partial charge in [-0.15, -0.1) is 0 Å². The summed E-state index contributed by atoms with van der Waals surface area (Å²) >= 11 is 0. The van der Waals surface area contributed by atoms with Crippen LogP contribution in [0.15, 0.2) is 103 Å². The summed E-state index contributed by atoms with van der Waals surface area (Å²) in [6, 6.07) is 34.5. The maximum atomic E-state index is 5.87. The first kappa shape index (κ1) is 19.6. The molecule has 0 unspecified atom stereocenters. The number of hydrogen-bond donors (Lipinski definition) is 2. The van der Waals surface area contributed by atoms with Crippen molar-refractivity contribution >= 4 is 22.7 Å². The molecule has 0 saturated carbocycles. The lowest BCUT2D eigenvalue weighted by atomic mass is 9.99. The molecule has 0 spiro atoms. The normalized spacial score (nSPS) is 10.4. The van der Waals surface area contributed by atoms with Crippen molar-refractivity contribution in [2.24, 2.45) is 0 Å². The minimum absolute atomic E-state index is 0.187. The Morgan fingerprint density at radius 2 is 1.13 bits per heavy atom. The summed E-state index contributed by atoms with van der Waals surface area (Å²) in [5, 5.41) is 7.11. The molecule has 0 aliphatic carbocycles. The highest BCUT2D eigenvalue weighted by atomic mass is 16.7. The van der Waals surface area contributed by atoms with Crippen molar-refractivity contribution in [3.8, 4) is 16.9 Å². The molecule has 4 aromatic carbocycles. The van der Waals surface area contributed by atoms with Crippen LogP contribution in [0, 0.1) is 0 Å². The van der Waals surface area contributed by atoms with Gasteiger partial charge < -0.3 is 20.1 Å². The van der Waals surface area contributed by atoms with Crippen molar-refractivity contribution in [1.29, 1.82) is 0 Å². The summed E-state index contributed by atoms with van der Waals surface area (Å²) in [5.74, 6) is 0.762. The standard InChI is InChI=1S/C26H24N2O2/c1-29-19-30-25-18-9-8-15-22(25)26-23(27-20-11-4-2-5-12-20)16-10-17-24(26)28-21-13-6-3-7-14-21/h2-18,27-28H,19H2,1H3. The maximum Gasteiger partial charge on any atom is 0.188 e. The lowest BCUT2D eigenvalue weighted by molar-refractivity contribution is 0.0515. The molecule has 4 aromatic rings. The fourth-order valence-electron chi connectivity index (χ4n) is 3.33. The van der Waals surface area contributed by atoms with Gasteiger partial charge in [-0.25, -0.2) is 0 Å². The van der Waals surface area contributed by atoms with Gasteiger partial charge in [-0.3, -0.25) is 0 Å². The van der Waals surface area contributed by atoms with E-state index in [1.165, 1.54) is 0 Å². The van der Waals surface area contributed by atoms with Crippen LogP contribution in [-0.2, 0) is 4.74 Å². The van der Waals surface area contributed by atoms with Gasteiger partial charge in [0.1, 0.15) is 5.75 Å². The number of methoxy groups -OCH3 is 1. The van der Waals surface area contributed by atoms with Crippen LogP contribution in [-0.4, -0.2) is 13.9 Å². The highest BCUT2D eigenvalue weighted by Gasteiger charge is 2.16. The molecule has 150 valence electrons. The number of benzene rings is 4. The van der Waals surface area contributed by atoms with Crippen LogP contribution < -0.4 is 15.4 Å². The van der Waals surface area contributed by atoms with Gasteiger partial charge in [-0.05, 0) is 42.5 Å². The summed E-state index contributed by atoms with van der Waals surface area (Å²) < 4.78 is 11.0. The van der Waals surface area contributed by atoms with Gasteiger partial charge in [0.15, 0.2) is 6.79 Å². The van der Waals surface area contributed by atoms with E-state index in [9.17, 15) is 0 Å². The highest BCUT2D eigenvalue weighted by molar-refractivity contribution is 5.94. The number of hydrogen-bond acceptors (Lipinski definition) is 4. The molecule has 0 fully saturated rings. The van der Waals surface area contributed by atoms with Crippen LogP contribution in [0.5, 0.6) is 5.75 Å². The van der Waals surface area contributed by atoms with E-state index in [0.717, 1.165) is 39.6 Å². The number of rotatable bonds is 8. The Morgan fingerprint density at radius 1 is 0.600 bits per heavy atom. The number of para-hydroxylation sites is 3. The fraction of sp³-hybridized carbons (Fsp3) is 0.0769. The van der Waals surface area contributed by atoms with Crippen molar-refractivity contribution in [3.05, 3.63) is 103 Å². The topological polar surface area (TPSA) is 42.5 Å². The van der Waals surface area contributed by atoms with Gasteiger partial charge in [-0.1, -0.05) is 60.7 Å². The van der Waals surface area contributed by atoms with Gasteiger partial charge in [0.2, 0.25) is 0 Å². The second-order valence-corrected chi connectivity index (χ2v) is 6.76. The summed E-state index contributed by atoms with van der Waals surface area (Å²) in [7, 11) is 1.62. The fourth-order valence-corrected chi connectivity index (χ4v) is 3.33. The second kappa shape index (κ2) is 9.63. The summed E-state index contributed by atoms with van der Waals surface area (Å²) in [5.41, 5.74) is 6.01. The summed E-state index contributed by atoms with van der Waals surface area (Å²) in [6.07, 6.45) is 0. The Balaban J connectivity index is 1.83. The number of ether oxygens (including phenoxy) is 2. The lowest BCUT2D eigenvalue weighted by Gasteiger charge is -2.20. The van der Waals surface area contributed by atoms with Crippen LogP contribution >= 0.6 is 0 Å². The van der Waals surface area contributed by atoms with E-state index in [2.05, 4.69) is 53.1 Å². The first-order valence-corrected chi connectivity index (χ1v) is 9.83. The summed E-state index contributed by atoms with van der Waals surface area (Å²) in [4.78, 5) is 0. The van der Waals surface area contributed by atoms with Crippen molar-refractivity contribution in [3.63, 3.8) is 0 Å². The Bertz CT molecular complexity index is 1020. The van der Waals surface area contributed by atoms with E-state index in [1.54, 1.807) is 7.11 Å². The van der Waals surface area contributed by atoms with Crippen LogP contribution in [0.1, 0.15) is 0 Å². The molecule has 0 atom stereocenters. The molecular weight excluding hydrogens is 372 g/mol. The van der Waals surface area contributed by atoms with Crippen molar-refractivity contribution in [1.82, 2.24) is 0 Å². The zero-order valence-corrected chi connectivity index (χ0v) is 16.8. The van der Waals surface area contributed by atoms with Crippen molar-refractivity contribution < 1.29 is 9.47 Å². The first-order valence-electron chi connectivity index (χ1n) is 9.83. The van der Waals surface area contributed by atoms with Gasteiger partial charge in [0.05, 0.1) is 0 Å². The molecule has 0 aliphatic rings.